The van der Waals surface area contributed by atoms with E-state index in [1.54, 1.807) is 17.7 Å². The zero-order valence-corrected chi connectivity index (χ0v) is 26.8. The lowest BCUT2D eigenvalue weighted by molar-refractivity contribution is 0.0844. The summed E-state index contributed by atoms with van der Waals surface area (Å²) >= 11 is 0. The Bertz CT molecular complexity index is 1400. The van der Waals surface area contributed by atoms with E-state index in [4.69, 9.17) is 4.74 Å². The van der Waals surface area contributed by atoms with E-state index in [2.05, 4.69) is 19.8 Å². The van der Waals surface area contributed by atoms with Crippen LogP contribution in [0.25, 0.3) is 10.9 Å². The number of nitrogens with one attached hydrogen (secondary N) is 2. The second-order valence-electron chi connectivity index (χ2n) is 12.9. The molecule has 2 unspecified atom stereocenters. The molecule has 0 aliphatic carbocycles. The Labute approximate surface area is 256 Å². The number of pyridine rings is 1. The van der Waals surface area contributed by atoms with Gasteiger partial charge in [0, 0.05) is 44.4 Å². The first-order chi connectivity index (χ1) is 20.6. The van der Waals surface area contributed by atoms with Gasteiger partial charge in [0.2, 0.25) is 10.0 Å². The molecule has 2 bridgehead atoms. The van der Waals surface area contributed by atoms with Crippen molar-refractivity contribution in [3.05, 3.63) is 46.2 Å². The Balaban J connectivity index is 1.09. The second-order valence-corrected chi connectivity index (χ2v) is 14.9. The van der Waals surface area contributed by atoms with Crippen molar-refractivity contribution in [3.63, 3.8) is 0 Å². The summed E-state index contributed by atoms with van der Waals surface area (Å²) in [6.07, 6.45) is 6.37. The fourth-order valence-electron chi connectivity index (χ4n) is 7.37. The number of carbonyl (C=O) groups is 1. The van der Waals surface area contributed by atoms with Gasteiger partial charge in [-0.05, 0) is 102 Å². The molecule has 1 aromatic carbocycles. The van der Waals surface area contributed by atoms with Crippen LogP contribution in [0.1, 0.15) is 75.2 Å². The molecule has 1 aromatic heterocycles. The van der Waals surface area contributed by atoms with Crippen molar-refractivity contribution in [2.45, 2.75) is 83.0 Å². The van der Waals surface area contributed by atoms with Gasteiger partial charge in [0.05, 0.1) is 17.9 Å². The highest BCUT2D eigenvalue weighted by Gasteiger charge is 2.41. The molecule has 2 atom stereocenters. The molecular formula is C32H49N5O5S. The van der Waals surface area contributed by atoms with Gasteiger partial charge in [-0.2, -0.15) is 0 Å². The molecule has 0 saturated carbocycles. The Kier molecular flexibility index (Phi) is 10.6. The summed E-state index contributed by atoms with van der Waals surface area (Å²) in [5.74, 6) is 0.224. The monoisotopic (exact) mass is 615 g/mol. The van der Waals surface area contributed by atoms with Crippen LogP contribution in [0.5, 0.6) is 0 Å². The van der Waals surface area contributed by atoms with E-state index in [0.29, 0.717) is 31.0 Å². The molecule has 3 aliphatic rings. The lowest BCUT2D eigenvalue weighted by Crippen LogP contribution is -2.51. The van der Waals surface area contributed by atoms with Crippen LogP contribution < -0.4 is 15.6 Å². The zero-order chi connectivity index (χ0) is 30.6. The number of rotatable bonds is 13. The number of hydrogen-bond acceptors (Lipinski definition) is 7. The molecule has 5 rings (SSSR count). The average molecular weight is 616 g/mol. The molecule has 4 heterocycles. The topological polar surface area (TPSA) is 113 Å². The highest BCUT2D eigenvalue weighted by molar-refractivity contribution is 7.89. The predicted octanol–water partition coefficient (Wildman–Crippen LogP) is 2.98. The third kappa shape index (κ3) is 7.86. The van der Waals surface area contributed by atoms with Crippen LogP contribution in [-0.2, 0) is 14.8 Å². The molecule has 43 heavy (non-hydrogen) atoms. The summed E-state index contributed by atoms with van der Waals surface area (Å²) < 4.78 is 35.2. The van der Waals surface area contributed by atoms with Gasteiger partial charge in [-0.25, -0.2) is 13.1 Å². The number of methoxy groups -OCH3 is 1. The number of amides is 1. The predicted molar refractivity (Wildman–Crippen MR) is 170 cm³/mol. The maximum atomic E-state index is 13.4. The second kappa shape index (κ2) is 14.2. The van der Waals surface area contributed by atoms with Crippen LogP contribution in [0.15, 0.2) is 35.1 Å². The number of para-hydroxylation sites is 1. The Morgan fingerprint density at radius 2 is 1.74 bits per heavy atom. The Morgan fingerprint density at radius 3 is 2.42 bits per heavy atom. The van der Waals surface area contributed by atoms with Crippen molar-refractivity contribution >= 4 is 26.8 Å². The zero-order valence-electron chi connectivity index (χ0n) is 26.0. The number of sulfonamides is 1. The molecular weight excluding hydrogens is 566 g/mol. The number of aromatic nitrogens is 1. The van der Waals surface area contributed by atoms with E-state index in [1.165, 1.54) is 0 Å². The van der Waals surface area contributed by atoms with Gasteiger partial charge in [-0.1, -0.05) is 18.2 Å². The van der Waals surface area contributed by atoms with Crippen molar-refractivity contribution in [2.24, 2.45) is 5.92 Å². The summed E-state index contributed by atoms with van der Waals surface area (Å²) in [6, 6.07) is 10.00. The van der Waals surface area contributed by atoms with Crippen LogP contribution in [-0.4, -0.2) is 99.0 Å². The van der Waals surface area contributed by atoms with Gasteiger partial charge >= 0.3 is 0 Å². The fourth-order valence-corrected chi connectivity index (χ4v) is 8.51. The van der Waals surface area contributed by atoms with E-state index < -0.39 is 10.0 Å². The number of likely N-dealkylation sites (tertiary alicyclic amines) is 1. The largest absolute Gasteiger partial charge is 0.383 e. The first-order valence-electron chi connectivity index (χ1n) is 16.0. The Hall–Kier alpha value is -2.31. The van der Waals surface area contributed by atoms with Crippen molar-refractivity contribution in [1.29, 1.82) is 0 Å². The van der Waals surface area contributed by atoms with Crippen molar-refractivity contribution < 1.29 is 17.9 Å². The number of fused-ring (bicyclic) bond motifs is 3. The van der Waals surface area contributed by atoms with Crippen LogP contribution in [0.4, 0.5) is 0 Å². The summed E-state index contributed by atoms with van der Waals surface area (Å²) in [6.45, 7) is 8.84. The fraction of sp³-hybridized carbons (Fsp3) is 0.688. The summed E-state index contributed by atoms with van der Waals surface area (Å²) in [5, 5.41) is 4.05. The number of nitrogens with zero attached hydrogens (tertiary/aromatic N) is 3. The van der Waals surface area contributed by atoms with Gasteiger partial charge in [0.1, 0.15) is 5.56 Å². The molecule has 238 valence electrons. The molecule has 0 radical (unpaired) electrons. The number of hydrogen-bond donors (Lipinski definition) is 2. The maximum Gasteiger partial charge on any atom is 0.264 e. The third-order valence-corrected chi connectivity index (χ3v) is 11.1. The highest BCUT2D eigenvalue weighted by atomic mass is 32.2. The molecule has 10 nitrogen and oxygen atoms in total. The molecule has 3 aliphatic heterocycles. The minimum absolute atomic E-state index is 0.00550. The molecule has 11 heteroatoms. The highest BCUT2D eigenvalue weighted by Crippen LogP contribution is 2.36. The van der Waals surface area contributed by atoms with Crippen molar-refractivity contribution in [1.82, 2.24) is 24.4 Å². The van der Waals surface area contributed by atoms with E-state index in [-0.39, 0.29) is 34.9 Å². The molecule has 1 amide bonds. The molecule has 3 fully saturated rings. The molecule has 3 saturated heterocycles. The van der Waals surface area contributed by atoms with Crippen molar-refractivity contribution in [3.8, 4) is 0 Å². The van der Waals surface area contributed by atoms with Crippen LogP contribution >= 0.6 is 0 Å². The maximum absolute atomic E-state index is 13.4. The number of benzene rings is 1. The van der Waals surface area contributed by atoms with E-state index in [1.807, 2.05) is 38.1 Å². The number of carbonyl (C=O) groups excluding carboxylic acids is 1. The quantitative estimate of drug-likeness (QED) is 0.356. The van der Waals surface area contributed by atoms with Crippen LogP contribution in [0.3, 0.4) is 0 Å². The van der Waals surface area contributed by atoms with Crippen LogP contribution in [0, 0.1) is 5.92 Å². The van der Waals surface area contributed by atoms with Gasteiger partial charge in [0.25, 0.3) is 11.5 Å². The van der Waals surface area contributed by atoms with Gasteiger partial charge in [0.15, 0.2) is 0 Å². The molecule has 2 aromatic rings. The normalized spacial score (nSPS) is 23.8. The summed E-state index contributed by atoms with van der Waals surface area (Å²) in [5.41, 5.74) is 0.771. The van der Waals surface area contributed by atoms with Crippen molar-refractivity contribution in [2.75, 3.05) is 52.2 Å². The van der Waals surface area contributed by atoms with Gasteiger partial charge < -0.3 is 19.5 Å². The summed E-state index contributed by atoms with van der Waals surface area (Å²) in [7, 11) is -1.59. The minimum Gasteiger partial charge on any atom is -0.383 e. The number of piperidine rings is 2. The van der Waals surface area contributed by atoms with Gasteiger partial charge in [-0.15, -0.1) is 0 Å². The minimum atomic E-state index is -3.31. The Morgan fingerprint density at radius 1 is 1.05 bits per heavy atom. The first kappa shape index (κ1) is 32.1. The molecule has 2 N–H and O–H groups in total. The standard InChI is InChI=1S/C32H49N5O5S/c1-23(2)37-30-8-5-4-7-25(30)19-29(32(37)39)31(38)34-26-20-27-9-10-28(21-26)36(27)13-6-18-43(40,41)33-22-24-11-14-35(15-12-24)16-17-42-3/h4-5,7-8,19,23-24,26-28,33H,6,9-18,20-22H2,1-3H3,(H,34,38). The van der Waals surface area contributed by atoms with E-state index in [9.17, 15) is 18.0 Å². The lowest BCUT2D eigenvalue weighted by atomic mass is 9.96. The number of ether oxygens (including phenoxy) is 1. The lowest BCUT2D eigenvalue weighted by Gasteiger charge is -2.39. The summed E-state index contributed by atoms with van der Waals surface area (Å²) in [4.78, 5) is 31.5. The first-order valence-corrected chi connectivity index (χ1v) is 17.7. The molecule has 0 spiro atoms. The van der Waals surface area contributed by atoms with Gasteiger partial charge in [-0.3, -0.25) is 14.5 Å². The SMILES string of the molecule is COCCN1CCC(CNS(=O)(=O)CCCN2C3CCC2CC(NC(=O)c2cc4ccccc4n(C(C)C)c2=O)C3)CC1. The third-order valence-electron chi connectivity index (χ3n) is 9.67. The van der Waals surface area contributed by atoms with E-state index in [0.717, 1.165) is 82.2 Å². The average Bonchev–Trinajstić information content (AvgIpc) is 3.21. The van der Waals surface area contributed by atoms with Crippen LogP contribution in [0.2, 0.25) is 0 Å². The smallest absolute Gasteiger partial charge is 0.264 e. The van der Waals surface area contributed by atoms with E-state index >= 15 is 0 Å².